The Labute approximate surface area is 81.7 Å². The molecule has 0 aromatic carbocycles. The molecule has 13 heavy (non-hydrogen) atoms. The molecule has 0 saturated heterocycles. The minimum atomic E-state index is -0.488. The summed E-state index contributed by atoms with van der Waals surface area (Å²) in [5.74, 6) is 0.606. The quantitative estimate of drug-likeness (QED) is 0.546. The highest BCUT2D eigenvalue weighted by molar-refractivity contribution is 4.76. The molecule has 0 aliphatic carbocycles. The molecule has 0 radical (unpaired) electrons. The summed E-state index contributed by atoms with van der Waals surface area (Å²) >= 11 is 0. The van der Waals surface area contributed by atoms with Gasteiger partial charge in [-0.05, 0) is 19.3 Å². The minimum Gasteiger partial charge on any atom is -0.390 e. The Kier molecular flexibility index (Phi) is 6.29. The molecule has 0 spiro atoms. The zero-order chi connectivity index (χ0) is 10.4. The third kappa shape index (κ3) is 4.60. The number of nitrogens with one attached hydrogen (secondary N) is 1. The summed E-state index contributed by atoms with van der Waals surface area (Å²) in [5.41, 5.74) is 5.72. The number of hydrogen-bond acceptors (Lipinski definition) is 3. The van der Waals surface area contributed by atoms with Crippen LogP contribution in [-0.4, -0.2) is 23.4 Å². The van der Waals surface area contributed by atoms with Gasteiger partial charge < -0.3 is 10.8 Å². The predicted molar refractivity (Wildman–Crippen MR) is 56.3 cm³/mol. The monoisotopic (exact) mass is 188 g/mol. The van der Waals surface area contributed by atoms with Crippen LogP contribution in [0.15, 0.2) is 0 Å². The van der Waals surface area contributed by atoms with Gasteiger partial charge in [0.05, 0.1) is 12.3 Å². The zero-order valence-electron chi connectivity index (χ0n) is 9.25. The number of aliphatic hydroxyl groups is 1. The Hall–Kier alpha value is -0.120. The van der Waals surface area contributed by atoms with Crippen LogP contribution in [0.25, 0.3) is 0 Å². The van der Waals surface area contributed by atoms with Crippen LogP contribution in [0.4, 0.5) is 0 Å². The number of aliphatic hydroxyl groups excluding tert-OH is 1. The summed E-state index contributed by atoms with van der Waals surface area (Å²) in [6, 6.07) is 0.412. The third-order valence-electron chi connectivity index (χ3n) is 2.70. The van der Waals surface area contributed by atoms with Gasteiger partial charge in [-0.3, -0.25) is 5.32 Å². The van der Waals surface area contributed by atoms with Crippen LogP contribution in [0.1, 0.15) is 40.5 Å². The molecule has 0 bridgehead atoms. The summed E-state index contributed by atoms with van der Waals surface area (Å²) < 4.78 is 0. The van der Waals surface area contributed by atoms with Gasteiger partial charge in [-0.1, -0.05) is 27.2 Å². The molecule has 0 fully saturated rings. The molecular weight excluding hydrogens is 164 g/mol. The lowest BCUT2D eigenvalue weighted by atomic mass is 9.96. The Morgan fingerprint density at radius 1 is 1.23 bits per heavy atom. The molecule has 0 aromatic heterocycles. The maximum absolute atomic E-state index is 9.23. The average molecular weight is 188 g/mol. The van der Waals surface area contributed by atoms with Gasteiger partial charge in [0.2, 0.25) is 0 Å². The van der Waals surface area contributed by atoms with Gasteiger partial charge in [0.1, 0.15) is 0 Å². The topological polar surface area (TPSA) is 58.3 Å². The van der Waals surface area contributed by atoms with Crippen molar-refractivity contribution in [1.82, 2.24) is 5.32 Å². The summed E-state index contributed by atoms with van der Waals surface area (Å²) in [7, 11) is 0. The molecular formula is C10H24N2O. The third-order valence-corrected chi connectivity index (χ3v) is 2.70. The van der Waals surface area contributed by atoms with E-state index in [1.165, 1.54) is 0 Å². The van der Waals surface area contributed by atoms with E-state index in [9.17, 15) is 5.11 Å². The molecule has 4 N–H and O–H groups in total. The minimum absolute atomic E-state index is 0.307. The van der Waals surface area contributed by atoms with Crippen molar-refractivity contribution in [3.8, 4) is 0 Å². The maximum atomic E-state index is 9.23. The van der Waals surface area contributed by atoms with E-state index in [0.29, 0.717) is 12.0 Å². The Morgan fingerprint density at radius 2 is 1.77 bits per heavy atom. The molecule has 0 aromatic rings. The number of nitrogens with two attached hydrogens (primary N) is 1. The lowest BCUT2D eigenvalue weighted by Gasteiger charge is -2.28. The van der Waals surface area contributed by atoms with Crippen LogP contribution in [-0.2, 0) is 0 Å². The van der Waals surface area contributed by atoms with Crippen molar-refractivity contribution in [1.29, 1.82) is 0 Å². The van der Waals surface area contributed by atoms with E-state index in [2.05, 4.69) is 26.1 Å². The van der Waals surface area contributed by atoms with Crippen LogP contribution in [0, 0.1) is 5.92 Å². The molecule has 3 nitrogen and oxygen atoms in total. The first-order valence-corrected chi connectivity index (χ1v) is 5.22. The summed E-state index contributed by atoms with van der Waals surface area (Å²) in [6.45, 7) is 8.22. The van der Waals surface area contributed by atoms with Crippen molar-refractivity contribution in [2.45, 2.75) is 58.8 Å². The fraction of sp³-hybridized carbons (Fsp3) is 1.00. The van der Waals surface area contributed by atoms with Crippen LogP contribution in [0.5, 0.6) is 0 Å². The van der Waals surface area contributed by atoms with E-state index in [-0.39, 0.29) is 6.17 Å². The Morgan fingerprint density at radius 3 is 2.08 bits per heavy atom. The lowest BCUT2D eigenvalue weighted by molar-refractivity contribution is 0.132. The van der Waals surface area contributed by atoms with E-state index in [1.807, 2.05) is 0 Å². The van der Waals surface area contributed by atoms with Gasteiger partial charge in [-0.15, -0.1) is 0 Å². The van der Waals surface area contributed by atoms with Gasteiger partial charge in [-0.25, -0.2) is 0 Å². The predicted octanol–water partition coefficient (Wildman–Crippen LogP) is 1.07. The molecule has 3 unspecified atom stereocenters. The van der Waals surface area contributed by atoms with E-state index in [1.54, 1.807) is 6.92 Å². The molecule has 0 aliphatic rings. The van der Waals surface area contributed by atoms with Crippen LogP contribution >= 0.6 is 0 Å². The van der Waals surface area contributed by atoms with Gasteiger partial charge in [0.15, 0.2) is 0 Å². The number of hydrogen-bond donors (Lipinski definition) is 3. The van der Waals surface area contributed by atoms with Gasteiger partial charge >= 0.3 is 0 Å². The van der Waals surface area contributed by atoms with Crippen molar-refractivity contribution < 1.29 is 5.11 Å². The molecule has 3 heteroatoms. The van der Waals surface area contributed by atoms with E-state index in [4.69, 9.17) is 5.73 Å². The summed E-state index contributed by atoms with van der Waals surface area (Å²) in [4.78, 5) is 0. The smallest absolute Gasteiger partial charge is 0.0813 e. The molecule has 0 aliphatic heterocycles. The lowest BCUT2D eigenvalue weighted by Crippen LogP contribution is -2.52. The second-order valence-corrected chi connectivity index (χ2v) is 3.83. The van der Waals surface area contributed by atoms with Gasteiger partial charge in [0.25, 0.3) is 0 Å². The average Bonchev–Trinajstić information content (AvgIpc) is 2.12. The Balaban J connectivity index is 3.97. The fourth-order valence-corrected chi connectivity index (χ4v) is 1.36. The maximum Gasteiger partial charge on any atom is 0.0813 e. The molecule has 0 heterocycles. The zero-order valence-corrected chi connectivity index (χ0v) is 9.25. The molecule has 80 valence electrons. The van der Waals surface area contributed by atoms with Gasteiger partial charge in [0, 0.05) is 6.04 Å². The van der Waals surface area contributed by atoms with Gasteiger partial charge in [-0.2, -0.15) is 0 Å². The first kappa shape index (κ1) is 12.9. The van der Waals surface area contributed by atoms with Crippen LogP contribution < -0.4 is 11.1 Å². The highest BCUT2D eigenvalue weighted by atomic mass is 16.3. The largest absolute Gasteiger partial charge is 0.390 e. The molecule has 4 atom stereocenters. The molecule has 0 amide bonds. The standard InChI is InChI=1S/C10H24N2O/c1-5-7(3)9(6-2)12-10(11)8(4)13/h7-10,12-13H,5-6,11H2,1-4H3/t7?,8?,9?,10-/m0/s1. The fourth-order valence-electron chi connectivity index (χ4n) is 1.36. The second kappa shape index (κ2) is 6.35. The number of rotatable bonds is 6. The highest BCUT2D eigenvalue weighted by Crippen LogP contribution is 2.11. The molecule has 0 saturated carbocycles. The summed E-state index contributed by atoms with van der Waals surface area (Å²) in [6.07, 6.45) is 1.39. The van der Waals surface area contributed by atoms with Crippen molar-refractivity contribution in [2.75, 3.05) is 0 Å². The van der Waals surface area contributed by atoms with E-state index >= 15 is 0 Å². The van der Waals surface area contributed by atoms with Crippen LogP contribution in [0.2, 0.25) is 0 Å². The first-order valence-electron chi connectivity index (χ1n) is 5.22. The Bertz CT molecular complexity index is 128. The van der Waals surface area contributed by atoms with Crippen LogP contribution in [0.3, 0.4) is 0 Å². The van der Waals surface area contributed by atoms with Crippen molar-refractivity contribution in [2.24, 2.45) is 11.7 Å². The van der Waals surface area contributed by atoms with Crippen molar-refractivity contribution in [3.63, 3.8) is 0 Å². The first-order chi connectivity index (χ1) is 6.02. The second-order valence-electron chi connectivity index (χ2n) is 3.83. The van der Waals surface area contributed by atoms with Crippen molar-refractivity contribution >= 4 is 0 Å². The highest BCUT2D eigenvalue weighted by Gasteiger charge is 2.18. The molecule has 0 rings (SSSR count). The SMILES string of the molecule is CCC(C)C(CC)N[C@H](N)C(C)O. The van der Waals surface area contributed by atoms with Crippen molar-refractivity contribution in [3.05, 3.63) is 0 Å². The van der Waals surface area contributed by atoms with E-state index in [0.717, 1.165) is 12.8 Å². The van der Waals surface area contributed by atoms with E-state index < -0.39 is 6.10 Å². The normalized spacial score (nSPS) is 20.8. The summed E-state index contributed by atoms with van der Waals surface area (Å²) in [5, 5.41) is 12.5.